The third-order valence-electron chi connectivity index (χ3n) is 2.30. The van der Waals surface area contributed by atoms with Gasteiger partial charge in [0.1, 0.15) is 5.82 Å². The minimum Gasteiger partial charge on any atom is -0.293 e. The Balaban J connectivity index is 2.19. The van der Waals surface area contributed by atoms with Crippen molar-refractivity contribution in [2.45, 2.75) is 5.25 Å². The molecule has 0 aromatic heterocycles. The molecular weight excluding hydrogens is 267 g/mol. The molecule has 0 radical (unpaired) electrons. The lowest BCUT2D eigenvalue weighted by molar-refractivity contribution is 0.0991. The second-order valence-corrected chi connectivity index (χ2v) is 6.32. The van der Waals surface area contributed by atoms with Crippen molar-refractivity contribution in [3.8, 4) is 0 Å². The van der Waals surface area contributed by atoms with E-state index < -0.39 is 5.82 Å². The molecule has 1 nitrogen and oxygen atoms in total. The van der Waals surface area contributed by atoms with E-state index in [0.717, 1.165) is 17.3 Å². The lowest BCUT2D eigenvalue weighted by Crippen LogP contribution is -2.25. The molecule has 1 aliphatic heterocycles. The summed E-state index contributed by atoms with van der Waals surface area (Å²) in [6.07, 6.45) is 0. The Morgan fingerprint density at radius 1 is 1.44 bits per heavy atom. The topological polar surface area (TPSA) is 17.1 Å². The minimum absolute atomic E-state index is 0.116. The molecule has 0 bridgehead atoms. The first kappa shape index (κ1) is 12.3. The summed E-state index contributed by atoms with van der Waals surface area (Å²) in [6.45, 7) is 0. The van der Waals surface area contributed by atoms with E-state index in [9.17, 15) is 9.18 Å². The second kappa shape index (κ2) is 5.43. The Morgan fingerprint density at radius 2 is 2.25 bits per heavy atom. The number of hydrogen-bond acceptors (Lipinski definition) is 3. The van der Waals surface area contributed by atoms with Crippen molar-refractivity contribution in [3.05, 3.63) is 34.6 Å². The molecular formula is C11H10ClFOS2. The number of benzene rings is 1. The molecule has 1 atom stereocenters. The first-order valence-electron chi connectivity index (χ1n) is 4.87. The summed E-state index contributed by atoms with van der Waals surface area (Å²) < 4.78 is 13.5. The summed E-state index contributed by atoms with van der Waals surface area (Å²) in [7, 11) is 0. The van der Waals surface area contributed by atoms with Gasteiger partial charge in [0.2, 0.25) is 0 Å². The summed E-state index contributed by atoms with van der Waals surface area (Å²) in [4.78, 5) is 12.0. The van der Waals surface area contributed by atoms with E-state index in [0.29, 0.717) is 5.02 Å². The zero-order valence-corrected chi connectivity index (χ0v) is 10.8. The number of thioether (sulfide) groups is 2. The maximum atomic E-state index is 13.5. The van der Waals surface area contributed by atoms with E-state index in [1.165, 1.54) is 12.1 Å². The van der Waals surface area contributed by atoms with Crippen molar-refractivity contribution < 1.29 is 9.18 Å². The van der Waals surface area contributed by atoms with Crippen molar-refractivity contribution in [1.29, 1.82) is 0 Å². The van der Waals surface area contributed by atoms with Crippen LogP contribution in [0.1, 0.15) is 10.4 Å². The number of hydrogen-bond donors (Lipinski definition) is 0. The smallest absolute Gasteiger partial charge is 0.179 e. The van der Waals surface area contributed by atoms with Crippen LogP contribution in [-0.2, 0) is 0 Å². The van der Waals surface area contributed by atoms with Crippen LogP contribution in [0.2, 0.25) is 5.02 Å². The number of carbonyl (C=O) groups is 1. The molecule has 16 heavy (non-hydrogen) atoms. The Kier molecular flexibility index (Phi) is 4.16. The molecule has 5 heteroatoms. The maximum Gasteiger partial charge on any atom is 0.179 e. The summed E-state index contributed by atoms with van der Waals surface area (Å²) in [6, 6.07) is 4.22. The molecule has 1 aliphatic rings. The molecule has 86 valence electrons. The van der Waals surface area contributed by atoms with Gasteiger partial charge in [0.25, 0.3) is 0 Å². The normalized spacial score (nSPS) is 20.8. The zero-order valence-electron chi connectivity index (χ0n) is 8.41. The average Bonchev–Trinajstić information content (AvgIpc) is 2.29. The maximum absolute atomic E-state index is 13.5. The number of rotatable bonds is 2. The zero-order chi connectivity index (χ0) is 11.5. The second-order valence-electron chi connectivity index (χ2n) is 3.42. The van der Waals surface area contributed by atoms with Crippen molar-refractivity contribution in [1.82, 2.24) is 0 Å². The first-order chi connectivity index (χ1) is 7.68. The highest BCUT2D eigenvalue weighted by Crippen LogP contribution is 2.28. The van der Waals surface area contributed by atoms with Gasteiger partial charge in [0.15, 0.2) is 5.78 Å². The predicted octanol–water partition coefficient (Wildman–Crippen LogP) is 3.51. The molecule has 0 amide bonds. The highest BCUT2D eigenvalue weighted by molar-refractivity contribution is 8.07. The molecule has 1 heterocycles. The fraction of sp³-hybridized carbons (Fsp3) is 0.364. The van der Waals surface area contributed by atoms with Crippen LogP contribution in [0.3, 0.4) is 0 Å². The quantitative estimate of drug-likeness (QED) is 0.770. The molecule has 0 spiro atoms. The van der Waals surface area contributed by atoms with Crippen LogP contribution in [0, 0.1) is 5.82 Å². The van der Waals surface area contributed by atoms with E-state index in [4.69, 9.17) is 11.6 Å². The number of carbonyl (C=O) groups excluding carboxylic acids is 1. The average molecular weight is 277 g/mol. The number of halogens is 2. The largest absolute Gasteiger partial charge is 0.293 e. The molecule has 0 aliphatic carbocycles. The molecule has 1 aromatic carbocycles. The van der Waals surface area contributed by atoms with Crippen LogP contribution in [0.25, 0.3) is 0 Å². The number of Topliss-reactive ketones (excluding diaryl/α,β-unsaturated/α-hetero) is 1. The van der Waals surface area contributed by atoms with E-state index >= 15 is 0 Å². The molecule has 1 unspecified atom stereocenters. The lowest BCUT2D eigenvalue weighted by atomic mass is 10.1. The van der Waals surface area contributed by atoms with Gasteiger partial charge < -0.3 is 0 Å². The molecule has 1 saturated heterocycles. The van der Waals surface area contributed by atoms with Crippen LogP contribution in [0.15, 0.2) is 18.2 Å². The number of ketones is 1. The summed E-state index contributed by atoms with van der Waals surface area (Å²) >= 11 is 9.00. The highest BCUT2D eigenvalue weighted by atomic mass is 35.5. The van der Waals surface area contributed by atoms with E-state index in [1.807, 2.05) is 0 Å². The van der Waals surface area contributed by atoms with E-state index in [-0.39, 0.29) is 16.6 Å². The van der Waals surface area contributed by atoms with Crippen LogP contribution in [0.4, 0.5) is 4.39 Å². The molecule has 0 saturated carbocycles. The van der Waals surface area contributed by atoms with Crippen molar-refractivity contribution in [2.75, 3.05) is 17.3 Å². The van der Waals surface area contributed by atoms with Gasteiger partial charge in [-0.05, 0) is 18.2 Å². The first-order valence-corrected chi connectivity index (χ1v) is 7.45. The van der Waals surface area contributed by atoms with Crippen molar-refractivity contribution in [2.24, 2.45) is 0 Å². The molecule has 1 aromatic rings. The fourth-order valence-corrected chi connectivity index (χ4v) is 4.29. The Labute approximate surface area is 107 Å². The summed E-state index contributed by atoms with van der Waals surface area (Å²) in [5, 5.41) is 0.203. The van der Waals surface area contributed by atoms with Gasteiger partial charge in [-0.3, -0.25) is 4.79 Å². The Hall–Kier alpha value is -0.190. The molecule has 0 N–H and O–H groups in total. The van der Waals surface area contributed by atoms with Gasteiger partial charge in [-0.2, -0.15) is 11.8 Å². The standard InChI is InChI=1S/C11H10ClFOS2/c12-7-1-2-8(9(13)5-7)11(14)10-6-15-3-4-16-10/h1-2,5,10H,3-4,6H2. The van der Waals surface area contributed by atoms with Gasteiger partial charge in [-0.25, -0.2) is 4.39 Å². The van der Waals surface area contributed by atoms with Gasteiger partial charge in [0, 0.05) is 22.3 Å². The summed E-state index contributed by atoms with van der Waals surface area (Å²) in [5.41, 5.74) is 0.157. The van der Waals surface area contributed by atoms with Crippen molar-refractivity contribution in [3.63, 3.8) is 0 Å². The lowest BCUT2D eigenvalue weighted by Gasteiger charge is -2.19. The van der Waals surface area contributed by atoms with Gasteiger partial charge >= 0.3 is 0 Å². The fourth-order valence-electron chi connectivity index (χ4n) is 1.50. The predicted molar refractivity (Wildman–Crippen MR) is 69.3 cm³/mol. The van der Waals surface area contributed by atoms with Crippen LogP contribution >= 0.6 is 35.1 Å². The molecule has 2 rings (SSSR count). The Morgan fingerprint density at radius 3 is 2.88 bits per heavy atom. The van der Waals surface area contributed by atoms with Crippen LogP contribution in [-0.4, -0.2) is 28.3 Å². The Bertz CT molecular complexity index is 405. The van der Waals surface area contributed by atoms with Crippen molar-refractivity contribution >= 4 is 40.9 Å². The van der Waals surface area contributed by atoms with Gasteiger partial charge in [-0.15, -0.1) is 11.8 Å². The highest BCUT2D eigenvalue weighted by Gasteiger charge is 2.25. The third-order valence-corrected chi connectivity index (χ3v) is 5.29. The summed E-state index contributed by atoms with van der Waals surface area (Å²) in [5.74, 6) is 2.15. The third kappa shape index (κ3) is 2.73. The van der Waals surface area contributed by atoms with Crippen LogP contribution < -0.4 is 0 Å². The van der Waals surface area contributed by atoms with E-state index in [1.54, 1.807) is 29.6 Å². The minimum atomic E-state index is -0.520. The SMILES string of the molecule is O=C(c1ccc(Cl)cc1F)C1CSCCS1. The molecule has 1 fully saturated rings. The monoisotopic (exact) mass is 276 g/mol. The van der Waals surface area contributed by atoms with Gasteiger partial charge in [-0.1, -0.05) is 11.6 Å². The van der Waals surface area contributed by atoms with Gasteiger partial charge in [0.05, 0.1) is 10.8 Å². The van der Waals surface area contributed by atoms with Crippen LogP contribution in [0.5, 0.6) is 0 Å². The van der Waals surface area contributed by atoms with E-state index in [2.05, 4.69) is 0 Å².